The number of nitrogens with zero attached hydrogens (tertiary/aromatic N) is 2. The average Bonchev–Trinajstić information content (AvgIpc) is 2.81. The van der Waals surface area contributed by atoms with Gasteiger partial charge in [-0.25, -0.2) is 9.97 Å². The van der Waals surface area contributed by atoms with Crippen molar-refractivity contribution in [2.75, 3.05) is 11.9 Å². The molecule has 5 heteroatoms. The first-order valence-electron chi connectivity index (χ1n) is 11.4. The summed E-state index contributed by atoms with van der Waals surface area (Å²) in [6.07, 6.45) is 18.3. The Morgan fingerprint density at radius 2 is 1.70 bits per heavy atom. The molecule has 0 radical (unpaired) electrons. The molecule has 2 N–H and O–H groups in total. The van der Waals surface area contributed by atoms with Gasteiger partial charge in [-0.1, -0.05) is 43.0 Å². The minimum absolute atomic E-state index is 0.0127. The molecule has 0 atom stereocenters. The van der Waals surface area contributed by atoms with E-state index in [0.29, 0.717) is 24.1 Å². The standard InChI is InChI=1S/C25H32N4O/c30-24(26-16-15-19-7-3-1-4-8-19)21-13-11-20(12-14-21)22-17-27-25(28-18-22)29-23-9-5-2-6-10-23/h7,11-14,17-18,23H,1-6,8-10,15-16H2,(H,26,30)(H,27,28,29). The van der Waals surface area contributed by atoms with Gasteiger partial charge in [-0.3, -0.25) is 4.79 Å². The van der Waals surface area contributed by atoms with Crippen molar-refractivity contribution in [1.29, 1.82) is 0 Å². The van der Waals surface area contributed by atoms with Crippen LogP contribution in [0.2, 0.25) is 0 Å². The van der Waals surface area contributed by atoms with Crippen LogP contribution in [0.1, 0.15) is 74.6 Å². The first kappa shape index (κ1) is 20.6. The number of anilines is 1. The molecular formula is C25H32N4O. The second kappa shape index (κ2) is 10.4. The molecule has 1 aromatic heterocycles. The molecule has 0 saturated heterocycles. The molecule has 2 aliphatic rings. The second-order valence-electron chi connectivity index (χ2n) is 8.47. The number of amides is 1. The number of allylic oxidation sites excluding steroid dienone is 1. The van der Waals surface area contributed by atoms with Crippen molar-refractivity contribution in [3.8, 4) is 11.1 Å². The van der Waals surface area contributed by atoms with Gasteiger partial charge >= 0.3 is 0 Å². The maximum absolute atomic E-state index is 12.4. The second-order valence-corrected chi connectivity index (χ2v) is 8.47. The minimum atomic E-state index is -0.0127. The van der Waals surface area contributed by atoms with Gasteiger partial charge in [0.2, 0.25) is 5.95 Å². The smallest absolute Gasteiger partial charge is 0.251 e. The zero-order valence-electron chi connectivity index (χ0n) is 17.7. The van der Waals surface area contributed by atoms with Crippen molar-refractivity contribution in [3.05, 3.63) is 53.9 Å². The van der Waals surface area contributed by atoms with Crippen LogP contribution in [0.25, 0.3) is 11.1 Å². The summed E-state index contributed by atoms with van der Waals surface area (Å²) < 4.78 is 0. The van der Waals surface area contributed by atoms with Crippen LogP contribution in [-0.2, 0) is 0 Å². The number of carbonyl (C=O) groups excluding carboxylic acids is 1. The summed E-state index contributed by atoms with van der Waals surface area (Å²) in [5.74, 6) is 0.691. The molecule has 30 heavy (non-hydrogen) atoms. The van der Waals surface area contributed by atoms with Crippen molar-refractivity contribution in [1.82, 2.24) is 15.3 Å². The monoisotopic (exact) mass is 404 g/mol. The SMILES string of the molecule is O=C(NCCC1=CCCCC1)c1ccc(-c2cnc(NC3CCCCC3)nc2)cc1. The molecule has 1 amide bonds. The zero-order chi connectivity index (χ0) is 20.6. The number of aromatic nitrogens is 2. The number of rotatable bonds is 7. The summed E-state index contributed by atoms with van der Waals surface area (Å²) >= 11 is 0. The van der Waals surface area contributed by atoms with Crippen LogP contribution >= 0.6 is 0 Å². The molecule has 2 aliphatic carbocycles. The van der Waals surface area contributed by atoms with Crippen molar-refractivity contribution in [2.24, 2.45) is 0 Å². The quantitative estimate of drug-likeness (QED) is 0.597. The molecular weight excluding hydrogens is 372 g/mol. The lowest BCUT2D eigenvalue weighted by molar-refractivity contribution is 0.0954. The third-order valence-corrected chi connectivity index (χ3v) is 6.19. The van der Waals surface area contributed by atoms with Gasteiger partial charge < -0.3 is 10.6 Å². The molecule has 1 aromatic carbocycles. The van der Waals surface area contributed by atoms with E-state index in [-0.39, 0.29) is 5.91 Å². The van der Waals surface area contributed by atoms with Crippen LogP contribution in [0.4, 0.5) is 5.95 Å². The molecule has 0 aliphatic heterocycles. The van der Waals surface area contributed by atoms with E-state index in [1.807, 2.05) is 36.7 Å². The van der Waals surface area contributed by atoms with E-state index in [2.05, 4.69) is 26.7 Å². The highest BCUT2D eigenvalue weighted by molar-refractivity contribution is 5.94. The van der Waals surface area contributed by atoms with Gasteiger partial charge in [-0.2, -0.15) is 0 Å². The Balaban J connectivity index is 1.29. The topological polar surface area (TPSA) is 66.9 Å². The Bertz CT molecular complexity index is 852. The summed E-state index contributed by atoms with van der Waals surface area (Å²) in [5, 5.41) is 6.49. The number of benzene rings is 1. The number of nitrogens with one attached hydrogen (secondary N) is 2. The molecule has 0 unspecified atom stereocenters. The predicted octanol–water partition coefficient (Wildman–Crippen LogP) is 5.51. The number of carbonyl (C=O) groups is 1. The molecule has 158 valence electrons. The molecule has 5 nitrogen and oxygen atoms in total. The Morgan fingerprint density at radius 1 is 0.933 bits per heavy atom. The van der Waals surface area contributed by atoms with Crippen LogP contribution in [0.3, 0.4) is 0 Å². The summed E-state index contributed by atoms with van der Waals surface area (Å²) in [6.45, 7) is 0.704. The van der Waals surface area contributed by atoms with Gasteiger partial charge in [-0.15, -0.1) is 0 Å². The van der Waals surface area contributed by atoms with E-state index in [9.17, 15) is 4.79 Å². The number of hydrogen-bond acceptors (Lipinski definition) is 4. The Kier molecular flexibility index (Phi) is 7.11. The van der Waals surface area contributed by atoms with Gasteiger partial charge in [0.15, 0.2) is 0 Å². The largest absolute Gasteiger partial charge is 0.352 e. The Hall–Kier alpha value is -2.69. The molecule has 0 spiro atoms. The van der Waals surface area contributed by atoms with E-state index >= 15 is 0 Å². The van der Waals surface area contributed by atoms with Crippen molar-refractivity contribution in [3.63, 3.8) is 0 Å². The summed E-state index contributed by atoms with van der Waals surface area (Å²) in [5.41, 5.74) is 4.15. The van der Waals surface area contributed by atoms with Gasteiger partial charge in [-0.05, 0) is 62.6 Å². The van der Waals surface area contributed by atoms with Crippen LogP contribution in [-0.4, -0.2) is 28.5 Å². The fourth-order valence-electron chi connectivity index (χ4n) is 4.37. The van der Waals surface area contributed by atoms with Crippen molar-refractivity contribution in [2.45, 2.75) is 70.3 Å². The zero-order valence-corrected chi connectivity index (χ0v) is 17.7. The number of hydrogen-bond donors (Lipinski definition) is 2. The maximum atomic E-state index is 12.4. The van der Waals surface area contributed by atoms with Crippen LogP contribution < -0.4 is 10.6 Å². The van der Waals surface area contributed by atoms with Crippen molar-refractivity contribution >= 4 is 11.9 Å². The van der Waals surface area contributed by atoms with Crippen LogP contribution in [0, 0.1) is 0 Å². The summed E-state index contributed by atoms with van der Waals surface area (Å²) in [4.78, 5) is 21.4. The highest BCUT2D eigenvalue weighted by Crippen LogP contribution is 2.22. The third-order valence-electron chi connectivity index (χ3n) is 6.19. The fourth-order valence-corrected chi connectivity index (χ4v) is 4.37. The normalized spacial score (nSPS) is 17.3. The van der Waals surface area contributed by atoms with Crippen molar-refractivity contribution < 1.29 is 4.79 Å². The highest BCUT2D eigenvalue weighted by Gasteiger charge is 2.14. The maximum Gasteiger partial charge on any atom is 0.251 e. The van der Waals surface area contributed by atoms with Crippen LogP contribution in [0.15, 0.2) is 48.3 Å². The van der Waals surface area contributed by atoms with Gasteiger partial charge in [0, 0.05) is 36.1 Å². The van der Waals surface area contributed by atoms with E-state index < -0.39 is 0 Å². The summed E-state index contributed by atoms with van der Waals surface area (Å²) in [6, 6.07) is 8.17. The lowest BCUT2D eigenvalue weighted by Gasteiger charge is -2.22. The van der Waals surface area contributed by atoms with E-state index in [4.69, 9.17) is 0 Å². The van der Waals surface area contributed by atoms with E-state index in [1.54, 1.807) is 0 Å². The lowest BCUT2D eigenvalue weighted by Crippen LogP contribution is -2.24. The molecule has 1 fully saturated rings. The first-order chi connectivity index (χ1) is 14.8. The highest BCUT2D eigenvalue weighted by atomic mass is 16.1. The molecule has 1 heterocycles. The van der Waals surface area contributed by atoms with Gasteiger partial charge in [0.1, 0.15) is 0 Å². The van der Waals surface area contributed by atoms with E-state index in [1.165, 1.54) is 63.4 Å². The molecule has 0 bridgehead atoms. The lowest BCUT2D eigenvalue weighted by atomic mass is 9.96. The summed E-state index contributed by atoms with van der Waals surface area (Å²) in [7, 11) is 0. The molecule has 4 rings (SSSR count). The fraction of sp³-hybridized carbons (Fsp3) is 0.480. The third kappa shape index (κ3) is 5.68. The predicted molar refractivity (Wildman–Crippen MR) is 121 cm³/mol. The van der Waals surface area contributed by atoms with Gasteiger partial charge in [0.25, 0.3) is 5.91 Å². The first-order valence-corrected chi connectivity index (χ1v) is 11.4. The minimum Gasteiger partial charge on any atom is -0.352 e. The van der Waals surface area contributed by atoms with E-state index in [0.717, 1.165) is 17.5 Å². The van der Waals surface area contributed by atoms with Crippen LogP contribution in [0.5, 0.6) is 0 Å². The molecule has 1 saturated carbocycles. The Labute approximate surface area is 179 Å². The van der Waals surface area contributed by atoms with Gasteiger partial charge in [0.05, 0.1) is 0 Å². The molecule has 2 aromatic rings. The average molecular weight is 405 g/mol. The Morgan fingerprint density at radius 3 is 2.40 bits per heavy atom.